The Kier molecular flexibility index (Phi) is 3.84. The van der Waals surface area contributed by atoms with Gasteiger partial charge in [0.25, 0.3) is 0 Å². The third kappa shape index (κ3) is 2.69. The third-order valence-corrected chi connectivity index (χ3v) is 3.23. The smallest absolute Gasteiger partial charge is 0.165 e. The van der Waals surface area contributed by atoms with Gasteiger partial charge in [0, 0.05) is 0 Å². The topological polar surface area (TPSA) is 40.7 Å². The summed E-state index contributed by atoms with van der Waals surface area (Å²) >= 11 is 0. The summed E-state index contributed by atoms with van der Waals surface area (Å²) in [6, 6.07) is 10.3. The minimum absolute atomic E-state index is 0.611. The number of methoxy groups -OCH3 is 1. The number of nitriles is 1. The second-order valence-electron chi connectivity index (χ2n) is 4.24. The first-order valence-corrected chi connectivity index (χ1v) is 5.93. The van der Waals surface area contributed by atoms with Crippen LogP contribution in [0.25, 0.3) is 0 Å². The highest BCUT2D eigenvalue weighted by atomic mass is 16.5. The van der Waals surface area contributed by atoms with Crippen molar-refractivity contribution < 1.29 is 9.64 Å². The number of ether oxygens (including phenoxy) is 1. The molecule has 0 spiro atoms. The van der Waals surface area contributed by atoms with Gasteiger partial charge in [0.2, 0.25) is 0 Å². The lowest BCUT2D eigenvalue weighted by Gasteiger charge is -2.33. The summed E-state index contributed by atoms with van der Waals surface area (Å²) in [5.74, 6) is 0.927. The molecule has 1 N–H and O–H groups in total. The van der Waals surface area contributed by atoms with Gasteiger partial charge in [-0.15, -0.1) is 0 Å². The zero-order valence-electron chi connectivity index (χ0n) is 10.1. The molecule has 0 radical (unpaired) electrons. The van der Waals surface area contributed by atoms with Crippen LogP contribution >= 0.6 is 0 Å². The van der Waals surface area contributed by atoms with Gasteiger partial charge < -0.3 is 14.5 Å². The van der Waals surface area contributed by atoms with Gasteiger partial charge in [0.1, 0.15) is 11.8 Å². The van der Waals surface area contributed by atoms with E-state index in [9.17, 15) is 0 Å². The van der Waals surface area contributed by atoms with Crippen molar-refractivity contribution in [3.05, 3.63) is 24.3 Å². The van der Waals surface area contributed by atoms with E-state index in [4.69, 9.17) is 10.00 Å². The van der Waals surface area contributed by atoms with Crippen molar-refractivity contribution in [3.63, 3.8) is 0 Å². The van der Waals surface area contributed by atoms with Crippen LogP contribution in [0, 0.1) is 11.3 Å². The molecule has 1 fully saturated rings. The molecule has 1 aliphatic heterocycles. The van der Waals surface area contributed by atoms with Gasteiger partial charge in [0.05, 0.1) is 39.0 Å². The molecule has 0 amide bonds. The Bertz CT molecular complexity index is 405. The number of anilines is 1. The van der Waals surface area contributed by atoms with E-state index < -0.39 is 0 Å². The fourth-order valence-electron chi connectivity index (χ4n) is 2.24. The monoisotopic (exact) mass is 232 g/mol. The summed E-state index contributed by atoms with van der Waals surface area (Å²) in [5, 5.41) is 8.68. The molecule has 17 heavy (non-hydrogen) atoms. The zero-order chi connectivity index (χ0) is 12.1. The second-order valence-corrected chi connectivity index (χ2v) is 4.24. The van der Waals surface area contributed by atoms with Crippen LogP contribution in [0.1, 0.15) is 0 Å². The largest absolute Gasteiger partial charge is 0.495 e. The van der Waals surface area contributed by atoms with Gasteiger partial charge in [-0.05, 0) is 12.1 Å². The average molecular weight is 232 g/mol. The molecular weight excluding hydrogens is 214 g/mol. The Morgan fingerprint density at radius 3 is 2.71 bits per heavy atom. The quantitative estimate of drug-likeness (QED) is 0.741. The molecular formula is C13H18N3O+. The Morgan fingerprint density at radius 1 is 1.35 bits per heavy atom. The van der Waals surface area contributed by atoms with Crippen LogP contribution in [0.2, 0.25) is 0 Å². The Hall–Kier alpha value is -1.73. The first-order chi connectivity index (χ1) is 8.35. The van der Waals surface area contributed by atoms with Crippen LogP contribution in [-0.4, -0.2) is 39.8 Å². The molecule has 90 valence electrons. The van der Waals surface area contributed by atoms with E-state index >= 15 is 0 Å². The maximum Gasteiger partial charge on any atom is 0.165 e. The van der Waals surface area contributed by atoms with Crippen LogP contribution in [-0.2, 0) is 0 Å². The van der Waals surface area contributed by atoms with Crippen molar-refractivity contribution >= 4 is 5.69 Å². The standard InChI is InChI=1S/C13H17N3O/c1-17-13-5-3-2-4-12(13)16-10-8-15(7-6-14)9-11-16/h2-5H,7-11H2,1H3/p+1. The molecule has 0 bridgehead atoms. The highest BCUT2D eigenvalue weighted by molar-refractivity contribution is 5.58. The number of piperazine rings is 1. The molecule has 0 aromatic heterocycles. The van der Waals surface area contributed by atoms with Crippen LogP contribution in [0.3, 0.4) is 0 Å². The van der Waals surface area contributed by atoms with Gasteiger partial charge >= 0.3 is 0 Å². The van der Waals surface area contributed by atoms with E-state index in [2.05, 4.69) is 17.0 Å². The Balaban J connectivity index is 2.03. The number of para-hydroxylation sites is 2. The number of benzene rings is 1. The predicted molar refractivity (Wildman–Crippen MR) is 66.4 cm³/mol. The number of quaternary nitrogens is 1. The Morgan fingerprint density at radius 2 is 2.06 bits per heavy atom. The van der Waals surface area contributed by atoms with E-state index in [0.717, 1.165) is 37.6 Å². The molecule has 1 aliphatic rings. The highest BCUT2D eigenvalue weighted by Gasteiger charge is 2.21. The molecule has 4 heteroatoms. The van der Waals surface area contributed by atoms with E-state index in [-0.39, 0.29) is 0 Å². The fourth-order valence-corrected chi connectivity index (χ4v) is 2.24. The molecule has 1 aromatic rings. The lowest BCUT2D eigenvalue weighted by molar-refractivity contribution is -0.893. The zero-order valence-corrected chi connectivity index (χ0v) is 10.1. The number of nitrogens with zero attached hydrogens (tertiary/aromatic N) is 2. The molecule has 1 aromatic carbocycles. The van der Waals surface area contributed by atoms with Crippen LogP contribution < -0.4 is 14.5 Å². The summed E-state index contributed by atoms with van der Waals surface area (Å²) in [4.78, 5) is 3.71. The molecule has 0 unspecified atom stereocenters. The van der Waals surface area contributed by atoms with E-state index in [1.165, 1.54) is 4.90 Å². The predicted octanol–water partition coefficient (Wildman–Crippen LogP) is -0.0763. The van der Waals surface area contributed by atoms with E-state index in [1.54, 1.807) is 7.11 Å². The Labute approximate surface area is 102 Å². The maximum absolute atomic E-state index is 8.68. The summed E-state index contributed by atoms with van der Waals surface area (Å²) < 4.78 is 5.37. The van der Waals surface area contributed by atoms with Gasteiger partial charge in [0.15, 0.2) is 6.54 Å². The average Bonchev–Trinajstić information content (AvgIpc) is 2.40. The third-order valence-electron chi connectivity index (χ3n) is 3.23. The van der Waals surface area contributed by atoms with Crippen molar-refractivity contribution in [1.82, 2.24) is 0 Å². The number of hydrogen-bond acceptors (Lipinski definition) is 3. The van der Waals surface area contributed by atoms with Crippen molar-refractivity contribution in [2.24, 2.45) is 0 Å². The number of rotatable bonds is 3. The second kappa shape index (κ2) is 5.55. The summed E-state index contributed by atoms with van der Waals surface area (Å²) in [7, 11) is 1.70. The lowest BCUT2D eigenvalue weighted by Crippen LogP contribution is -3.14. The molecule has 2 rings (SSSR count). The van der Waals surface area contributed by atoms with Gasteiger partial charge in [-0.1, -0.05) is 12.1 Å². The highest BCUT2D eigenvalue weighted by Crippen LogP contribution is 2.27. The van der Waals surface area contributed by atoms with Crippen molar-refractivity contribution in [1.29, 1.82) is 5.26 Å². The molecule has 0 aliphatic carbocycles. The van der Waals surface area contributed by atoms with Gasteiger partial charge in [-0.3, -0.25) is 0 Å². The first-order valence-electron chi connectivity index (χ1n) is 5.93. The molecule has 0 saturated carbocycles. The number of nitrogens with one attached hydrogen (secondary N) is 1. The lowest BCUT2D eigenvalue weighted by atomic mass is 10.2. The SMILES string of the molecule is COc1ccccc1N1CC[NH+](CC#N)CC1. The van der Waals surface area contributed by atoms with Gasteiger partial charge in [-0.2, -0.15) is 5.26 Å². The maximum atomic E-state index is 8.68. The minimum Gasteiger partial charge on any atom is -0.495 e. The van der Waals surface area contributed by atoms with Crippen molar-refractivity contribution in [2.45, 2.75) is 0 Å². The normalized spacial score (nSPS) is 16.6. The van der Waals surface area contributed by atoms with Gasteiger partial charge in [-0.25, -0.2) is 0 Å². The molecule has 4 nitrogen and oxygen atoms in total. The summed E-state index contributed by atoms with van der Waals surface area (Å²) in [5.41, 5.74) is 1.16. The number of hydrogen-bond donors (Lipinski definition) is 1. The summed E-state index contributed by atoms with van der Waals surface area (Å²) in [6.45, 7) is 4.62. The van der Waals surface area contributed by atoms with E-state index in [1.807, 2.05) is 18.2 Å². The fraction of sp³-hybridized carbons (Fsp3) is 0.462. The van der Waals surface area contributed by atoms with Crippen LogP contribution in [0.5, 0.6) is 5.75 Å². The molecule has 1 heterocycles. The van der Waals surface area contributed by atoms with E-state index in [0.29, 0.717) is 6.54 Å². The summed E-state index contributed by atoms with van der Waals surface area (Å²) in [6.07, 6.45) is 0. The van der Waals surface area contributed by atoms with Crippen molar-refractivity contribution in [2.75, 3.05) is 44.7 Å². The minimum atomic E-state index is 0.611. The molecule has 1 saturated heterocycles. The molecule has 0 atom stereocenters. The van der Waals surface area contributed by atoms with Crippen molar-refractivity contribution in [3.8, 4) is 11.8 Å². The first kappa shape index (κ1) is 11.7. The van der Waals surface area contributed by atoms with Crippen LogP contribution in [0.15, 0.2) is 24.3 Å². The van der Waals surface area contributed by atoms with Crippen LogP contribution in [0.4, 0.5) is 5.69 Å².